The van der Waals surface area contributed by atoms with Crippen LogP contribution in [0.4, 0.5) is 0 Å². The van der Waals surface area contributed by atoms with E-state index < -0.39 is 0 Å². The summed E-state index contributed by atoms with van der Waals surface area (Å²) < 4.78 is 11.8. The first-order valence-corrected chi connectivity index (χ1v) is 11.2. The standard InChI is InChI=1S/C23H36N4O3.HI/c1-4-24-23(25-12-7-13-27-14-10-19(28)11-15-27)26-17(3)21-16-18-8-6-9-20(29-5-2)22(18)30-21;/h6,8-9,16-17,19,28H,4-5,7,10-15H2,1-3H3,(H2,24,25,26);1H. The van der Waals surface area contributed by atoms with Crippen molar-refractivity contribution in [2.45, 2.75) is 52.2 Å². The van der Waals surface area contributed by atoms with Gasteiger partial charge in [0.15, 0.2) is 17.3 Å². The second kappa shape index (κ2) is 13.1. The molecule has 1 atom stereocenters. The van der Waals surface area contributed by atoms with Crippen LogP contribution >= 0.6 is 24.0 Å². The van der Waals surface area contributed by atoms with E-state index in [1.807, 2.05) is 25.1 Å². The van der Waals surface area contributed by atoms with Gasteiger partial charge in [0.2, 0.25) is 0 Å². The van der Waals surface area contributed by atoms with Crippen molar-refractivity contribution >= 4 is 40.9 Å². The lowest BCUT2D eigenvalue weighted by atomic mass is 10.1. The highest BCUT2D eigenvalue weighted by molar-refractivity contribution is 14.0. The number of benzene rings is 1. The van der Waals surface area contributed by atoms with Gasteiger partial charge in [0.1, 0.15) is 5.76 Å². The molecule has 7 nitrogen and oxygen atoms in total. The Balaban J connectivity index is 0.00000341. The van der Waals surface area contributed by atoms with Crippen molar-refractivity contribution in [3.05, 3.63) is 30.0 Å². The number of ether oxygens (including phenoxy) is 1. The molecule has 2 heterocycles. The van der Waals surface area contributed by atoms with Crippen LogP contribution in [0.2, 0.25) is 0 Å². The number of piperidine rings is 1. The van der Waals surface area contributed by atoms with Gasteiger partial charge >= 0.3 is 0 Å². The van der Waals surface area contributed by atoms with Crippen LogP contribution in [0, 0.1) is 0 Å². The molecule has 0 radical (unpaired) electrons. The molecule has 31 heavy (non-hydrogen) atoms. The number of halogens is 1. The predicted octanol–water partition coefficient (Wildman–Crippen LogP) is 3.91. The number of rotatable bonds is 9. The van der Waals surface area contributed by atoms with E-state index in [0.29, 0.717) is 6.61 Å². The minimum atomic E-state index is -0.117. The van der Waals surface area contributed by atoms with Crippen LogP contribution in [0.15, 0.2) is 33.7 Å². The summed E-state index contributed by atoms with van der Waals surface area (Å²) in [5.41, 5.74) is 0.789. The highest BCUT2D eigenvalue weighted by Gasteiger charge is 2.17. The Morgan fingerprint density at radius 2 is 2.10 bits per heavy atom. The minimum absolute atomic E-state index is 0. The number of aliphatic hydroxyl groups excluding tert-OH is 1. The van der Waals surface area contributed by atoms with Gasteiger partial charge in [-0.2, -0.15) is 0 Å². The molecule has 0 saturated carbocycles. The summed E-state index contributed by atoms with van der Waals surface area (Å²) in [7, 11) is 0. The molecular formula is C23H37IN4O3. The number of para-hydroxylation sites is 1. The van der Waals surface area contributed by atoms with Crippen molar-refractivity contribution in [2.24, 2.45) is 4.99 Å². The van der Waals surface area contributed by atoms with Gasteiger partial charge < -0.3 is 29.8 Å². The van der Waals surface area contributed by atoms with Crippen molar-refractivity contribution in [3.63, 3.8) is 0 Å². The first-order chi connectivity index (χ1) is 14.6. The number of fused-ring (bicyclic) bond motifs is 1. The topological polar surface area (TPSA) is 82.3 Å². The third-order valence-electron chi connectivity index (χ3n) is 5.41. The van der Waals surface area contributed by atoms with E-state index in [4.69, 9.17) is 14.1 Å². The zero-order valence-electron chi connectivity index (χ0n) is 18.9. The fraction of sp³-hybridized carbons (Fsp3) is 0.609. The lowest BCUT2D eigenvalue weighted by Gasteiger charge is -2.29. The molecular weight excluding hydrogens is 507 g/mol. The summed E-state index contributed by atoms with van der Waals surface area (Å²) in [5.74, 6) is 2.43. The van der Waals surface area contributed by atoms with Crippen LogP contribution in [-0.4, -0.2) is 61.4 Å². The molecule has 1 unspecified atom stereocenters. The van der Waals surface area contributed by atoms with Crippen molar-refractivity contribution in [1.82, 2.24) is 15.5 Å². The number of aliphatic imine (C=N–C) groups is 1. The predicted molar refractivity (Wildman–Crippen MR) is 137 cm³/mol. The number of hydrogen-bond acceptors (Lipinski definition) is 5. The Hall–Kier alpha value is -1.52. The average Bonchev–Trinajstić information content (AvgIpc) is 3.18. The van der Waals surface area contributed by atoms with Crippen molar-refractivity contribution < 1.29 is 14.3 Å². The molecule has 1 aliphatic rings. The zero-order chi connectivity index (χ0) is 21.3. The molecule has 1 aliphatic heterocycles. The molecule has 2 aromatic rings. The lowest BCUT2D eigenvalue weighted by Crippen LogP contribution is -2.39. The Kier molecular flexibility index (Phi) is 10.9. The molecule has 0 spiro atoms. The van der Waals surface area contributed by atoms with Gasteiger partial charge in [-0.25, -0.2) is 0 Å². The third-order valence-corrected chi connectivity index (χ3v) is 5.41. The molecule has 1 fully saturated rings. The van der Waals surface area contributed by atoms with Gasteiger partial charge in [-0.1, -0.05) is 12.1 Å². The minimum Gasteiger partial charge on any atom is -0.490 e. The molecule has 174 valence electrons. The van der Waals surface area contributed by atoms with E-state index in [9.17, 15) is 5.11 Å². The Labute approximate surface area is 202 Å². The van der Waals surface area contributed by atoms with Crippen LogP contribution in [0.1, 0.15) is 51.8 Å². The first kappa shape index (κ1) is 25.7. The third kappa shape index (κ3) is 7.54. The summed E-state index contributed by atoms with van der Waals surface area (Å²) in [6.45, 7) is 11.3. The number of aliphatic hydroxyl groups is 1. The molecule has 3 rings (SSSR count). The largest absolute Gasteiger partial charge is 0.490 e. The van der Waals surface area contributed by atoms with Gasteiger partial charge in [-0.15, -0.1) is 24.0 Å². The van der Waals surface area contributed by atoms with Crippen LogP contribution in [-0.2, 0) is 0 Å². The number of nitrogens with zero attached hydrogens (tertiary/aromatic N) is 2. The van der Waals surface area contributed by atoms with Crippen LogP contribution < -0.4 is 15.4 Å². The molecule has 0 aliphatic carbocycles. The maximum Gasteiger partial charge on any atom is 0.191 e. The van der Waals surface area contributed by atoms with E-state index in [1.54, 1.807) is 0 Å². The van der Waals surface area contributed by atoms with Gasteiger partial charge in [0.05, 0.1) is 18.8 Å². The van der Waals surface area contributed by atoms with Crippen molar-refractivity contribution in [3.8, 4) is 5.75 Å². The lowest BCUT2D eigenvalue weighted by molar-refractivity contribution is 0.0824. The van der Waals surface area contributed by atoms with E-state index in [-0.39, 0.29) is 36.1 Å². The van der Waals surface area contributed by atoms with Gasteiger partial charge in [-0.05, 0) is 58.7 Å². The number of nitrogens with one attached hydrogen (secondary N) is 2. The average molecular weight is 544 g/mol. The summed E-state index contributed by atoms with van der Waals surface area (Å²) in [6.07, 6.45) is 2.65. The molecule has 3 N–H and O–H groups in total. The molecule has 0 amide bonds. The first-order valence-electron chi connectivity index (χ1n) is 11.2. The maximum absolute atomic E-state index is 9.62. The molecule has 1 aromatic heterocycles. The smallest absolute Gasteiger partial charge is 0.191 e. The fourth-order valence-corrected chi connectivity index (χ4v) is 3.76. The van der Waals surface area contributed by atoms with E-state index in [0.717, 1.165) is 80.4 Å². The quantitative estimate of drug-likeness (QED) is 0.192. The maximum atomic E-state index is 9.62. The van der Waals surface area contributed by atoms with Gasteiger partial charge in [-0.3, -0.25) is 4.99 Å². The monoisotopic (exact) mass is 544 g/mol. The summed E-state index contributed by atoms with van der Waals surface area (Å²) >= 11 is 0. The van der Waals surface area contributed by atoms with E-state index in [2.05, 4.69) is 35.4 Å². The van der Waals surface area contributed by atoms with Gasteiger partial charge in [0, 0.05) is 31.6 Å². The summed E-state index contributed by atoms with van der Waals surface area (Å²) in [5, 5.41) is 17.4. The second-order valence-electron chi connectivity index (χ2n) is 7.81. The zero-order valence-corrected chi connectivity index (χ0v) is 21.2. The summed E-state index contributed by atoms with van der Waals surface area (Å²) in [4.78, 5) is 7.14. The molecule has 0 bridgehead atoms. The Bertz CT molecular complexity index is 818. The SMILES string of the molecule is CCNC(=NCCCN1CCC(O)CC1)NC(C)c1cc2cccc(OCC)c2o1.I. The number of likely N-dealkylation sites (tertiary alicyclic amines) is 1. The Morgan fingerprint density at radius 1 is 1.32 bits per heavy atom. The van der Waals surface area contributed by atoms with E-state index in [1.165, 1.54) is 0 Å². The second-order valence-corrected chi connectivity index (χ2v) is 7.81. The molecule has 8 heteroatoms. The highest BCUT2D eigenvalue weighted by atomic mass is 127. The number of furan rings is 1. The number of hydrogen-bond donors (Lipinski definition) is 3. The van der Waals surface area contributed by atoms with Crippen LogP contribution in [0.3, 0.4) is 0 Å². The van der Waals surface area contributed by atoms with E-state index >= 15 is 0 Å². The van der Waals surface area contributed by atoms with Crippen LogP contribution in [0.5, 0.6) is 5.75 Å². The normalized spacial score (nSPS) is 16.7. The fourth-order valence-electron chi connectivity index (χ4n) is 3.76. The molecule has 1 aromatic carbocycles. The molecule has 1 saturated heterocycles. The van der Waals surface area contributed by atoms with Crippen LogP contribution in [0.25, 0.3) is 11.0 Å². The summed E-state index contributed by atoms with van der Waals surface area (Å²) in [6, 6.07) is 8.00. The van der Waals surface area contributed by atoms with Gasteiger partial charge in [0.25, 0.3) is 0 Å². The van der Waals surface area contributed by atoms with Crippen molar-refractivity contribution in [2.75, 3.05) is 39.3 Å². The Morgan fingerprint density at radius 3 is 2.81 bits per heavy atom. The van der Waals surface area contributed by atoms with Crippen molar-refractivity contribution in [1.29, 1.82) is 0 Å². The highest BCUT2D eigenvalue weighted by Crippen LogP contribution is 2.31. The number of guanidine groups is 1.